The molecule has 1 saturated heterocycles. The first-order valence-electron chi connectivity index (χ1n) is 11.2. The number of ether oxygens (including phenoxy) is 2. The van der Waals surface area contributed by atoms with E-state index in [4.69, 9.17) is 20.8 Å². The number of carbonyl (C=O) groups excluding carboxylic acids is 4. The van der Waals surface area contributed by atoms with Gasteiger partial charge >= 0.3 is 17.7 Å². The van der Waals surface area contributed by atoms with Crippen molar-refractivity contribution in [1.82, 2.24) is 10.2 Å². The van der Waals surface area contributed by atoms with Crippen LogP contribution in [0.1, 0.15) is 21.9 Å². The lowest BCUT2D eigenvalue weighted by molar-refractivity contribution is -0.385. The number of nitro groups is 1. The van der Waals surface area contributed by atoms with Crippen molar-refractivity contribution < 1.29 is 42.4 Å². The van der Waals surface area contributed by atoms with Gasteiger partial charge in [-0.2, -0.15) is 0 Å². The number of urea groups is 1. The van der Waals surface area contributed by atoms with Crippen LogP contribution in [0.2, 0.25) is 5.02 Å². The third kappa shape index (κ3) is 6.07. The van der Waals surface area contributed by atoms with E-state index in [1.165, 1.54) is 36.4 Å². The van der Waals surface area contributed by atoms with Gasteiger partial charge in [-0.25, -0.2) is 14.0 Å². The number of rotatable bonds is 9. The maximum absolute atomic E-state index is 13.8. The zero-order chi connectivity index (χ0) is 29.0. The predicted molar refractivity (Wildman–Crippen MR) is 136 cm³/mol. The summed E-state index contributed by atoms with van der Waals surface area (Å²) in [6, 6.07) is 9.42. The second kappa shape index (κ2) is 11.7. The fraction of sp³-hybridized carbons (Fsp3) is 0.120. The SMILES string of the molecule is COC(=O)c1ccc(CN2C(=O)N/C(=C\c3cc(Cl)cc([N+](=O)[O-])c3OCC(=O)Nc3ccccc3F)C2=O)o1. The standard InChI is InChI=1S/C25H18ClFN4O9/c1-38-24(34)20-7-6-15(40-20)11-30-23(33)18(29-25(30)35)9-13-8-14(26)10-19(31(36)37)22(13)39-12-21(32)28-17-5-3-2-4-16(17)27/h2-10H,11-12H2,1H3,(H,28,32)(H,29,35)/b18-9-. The summed E-state index contributed by atoms with van der Waals surface area (Å²) in [5.41, 5.74) is -1.15. The molecule has 0 bridgehead atoms. The third-order valence-corrected chi connectivity index (χ3v) is 5.60. The van der Waals surface area contributed by atoms with Gasteiger partial charge in [-0.05, 0) is 36.4 Å². The smallest absolute Gasteiger partial charge is 0.373 e. The Morgan fingerprint density at radius 3 is 2.67 bits per heavy atom. The number of carbonyl (C=O) groups is 4. The van der Waals surface area contributed by atoms with E-state index in [9.17, 15) is 33.7 Å². The lowest BCUT2D eigenvalue weighted by Crippen LogP contribution is -2.30. The summed E-state index contributed by atoms with van der Waals surface area (Å²) < 4.78 is 29.1. The van der Waals surface area contributed by atoms with Crippen LogP contribution in [0, 0.1) is 15.9 Å². The van der Waals surface area contributed by atoms with Crippen LogP contribution in [0.5, 0.6) is 5.75 Å². The Balaban J connectivity index is 1.58. The fourth-order valence-corrected chi connectivity index (χ4v) is 3.81. The Morgan fingerprint density at radius 1 is 1.23 bits per heavy atom. The number of halogens is 2. The summed E-state index contributed by atoms with van der Waals surface area (Å²) in [7, 11) is 1.16. The second-order valence-corrected chi connectivity index (χ2v) is 8.49. The molecule has 0 saturated carbocycles. The molecular formula is C25H18ClFN4O9. The molecule has 2 aromatic carbocycles. The number of nitrogens with zero attached hydrogens (tertiary/aromatic N) is 2. The molecule has 1 fully saturated rings. The maximum Gasteiger partial charge on any atom is 0.373 e. The van der Waals surface area contributed by atoms with Crippen molar-refractivity contribution in [3.05, 3.63) is 92.3 Å². The minimum Gasteiger partial charge on any atom is -0.476 e. The molecule has 4 rings (SSSR count). The number of nitro benzene ring substituents is 1. The van der Waals surface area contributed by atoms with E-state index >= 15 is 0 Å². The number of benzene rings is 2. The normalized spacial score (nSPS) is 13.8. The minimum absolute atomic E-state index is 0.0961. The fourth-order valence-electron chi connectivity index (χ4n) is 3.59. The molecule has 206 valence electrons. The van der Waals surface area contributed by atoms with Crippen molar-refractivity contribution in [3.8, 4) is 5.75 Å². The van der Waals surface area contributed by atoms with Crippen LogP contribution in [-0.4, -0.2) is 47.4 Å². The van der Waals surface area contributed by atoms with Crippen molar-refractivity contribution in [3.63, 3.8) is 0 Å². The van der Waals surface area contributed by atoms with Gasteiger partial charge in [0.05, 0.1) is 24.3 Å². The van der Waals surface area contributed by atoms with Gasteiger partial charge in [0.1, 0.15) is 17.3 Å². The van der Waals surface area contributed by atoms with Crippen LogP contribution in [0.25, 0.3) is 6.08 Å². The number of hydrogen-bond acceptors (Lipinski definition) is 9. The lowest BCUT2D eigenvalue weighted by atomic mass is 10.1. The summed E-state index contributed by atoms with van der Waals surface area (Å²) in [5.74, 6) is -3.56. The van der Waals surface area contributed by atoms with Crippen molar-refractivity contribution in [2.45, 2.75) is 6.54 Å². The zero-order valence-electron chi connectivity index (χ0n) is 20.4. The number of hydrogen-bond donors (Lipinski definition) is 2. The zero-order valence-corrected chi connectivity index (χ0v) is 21.2. The number of esters is 1. The highest BCUT2D eigenvalue weighted by Crippen LogP contribution is 2.36. The van der Waals surface area contributed by atoms with E-state index in [1.54, 1.807) is 0 Å². The summed E-state index contributed by atoms with van der Waals surface area (Å²) in [6.07, 6.45) is 1.09. The number of nitrogens with one attached hydrogen (secondary N) is 2. The Hall–Kier alpha value is -5.24. The van der Waals surface area contributed by atoms with E-state index in [0.29, 0.717) is 0 Å². The molecule has 0 unspecified atom stereocenters. The molecule has 0 atom stereocenters. The van der Waals surface area contributed by atoms with Gasteiger partial charge in [0.25, 0.3) is 11.8 Å². The first kappa shape index (κ1) is 27.8. The van der Waals surface area contributed by atoms with E-state index in [2.05, 4.69) is 15.4 Å². The van der Waals surface area contributed by atoms with E-state index in [1.807, 2.05) is 0 Å². The van der Waals surface area contributed by atoms with Crippen molar-refractivity contribution in [2.75, 3.05) is 19.0 Å². The number of amides is 4. The molecule has 2 N–H and O–H groups in total. The van der Waals surface area contributed by atoms with Crippen LogP contribution in [-0.2, 0) is 20.9 Å². The van der Waals surface area contributed by atoms with Crippen molar-refractivity contribution in [1.29, 1.82) is 0 Å². The van der Waals surface area contributed by atoms with Crippen molar-refractivity contribution >= 4 is 52.9 Å². The quantitative estimate of drug-likeness (QED) is 0.127. The summed E-state index contributed by atoms with van der Waals surface area (Å²) in [5, 5.41) is 16.2. The Kier molecular flexibility index (Phi) is 8.09. The molecular weight excluding hydrogens is 555 g/mol. The molecule has 15 heteroatoms. The molecule has 1 aliphatic rings. The van der Waals surface area contributed by atoms with Crippen LogP contribution in [0.15, 0.2) is 58.6 Å². The lowest BCUT2D eigenvalue weighted by Gasteiger charge is -2.12. The van der Waals surface area contributed by atoms with Crippen LogP contribution >= 0.6 is 11.6 Å². The molecule has 0 aliphatic carbocycles. The number of furan rings is 1. The van der Waals surface area contributed by atoms with Gasteiger partial charge in [-0.15, -0.1) is 0 Å². The molecule has 4 amide bonds. The maximum atomic E-state index is 13.8. The van der Waals surface area contributed by atoms with Gasteiger partial charge in [0, 0.05) is 16.7 Å². The molecule has 2 heterocycles. The highest BCUT2D eigenvalue weighted by molar-refractivity contribution is 6.31. The minimum atomic E-state index is -0.837. The Labute approximate surface area is 229 Å². The summed E-state index contributed by atoms with van der Waals surface area (Å²) >= 11 is 6.04. The summed E-state index contributed by atoms with van der Waals surface area (Å²) in [4.78, 5) is 61.1. The second-order valence-electron chi connectivity index (χ2n) is 8.05. The number of anilines is 1. The highest BCUT2D eigenvalue weighted by atomic mass is 35.5. The molecule has 1 aliphatic heterocycles. The van der Waals surface area contributed by atoms with Crippen molar-refractivity contribution in [2.24, 2.45) is 0 Å². The molecule has 3 aromatic rings. The average molecular weight is 573 g/mol. The third-order valence-electron chi connectivity index (χ3n) is 5.38. The van der Waals surface area contributed by atoms with Crippen LogP contribution < -0.4 is 15.4 Å². The topological polar surface area (TPSA) is 170 Å². The Morgan fingerprint density at radius 2 is 1.98 bits per heavy atom. The summed E-state index contributed by atoms with van der Waals surface area (Å²) in [6.45, 7) is -1.10. The molecule has 0 spiro atoms. The molecule has 13 nitrogen and oxygen atoms in total. The first-order chi connectivity index (χ1) is 19.1. The first-order valence-corrected chi connectivity index (χ1v) is 11.6. The highest BCUT2D eigenvalue weighted by Gasteiger charge is 2.35. The Bertz CT molecular complexity index is 1570. The van der Waals surface area contributed by atoms with E-state index < -0.39 is 52.6 Å². The molecule has 0 radical (unpaired) electrons. The van der Waals surface area contributed by atoms with Crippen LogP contribution in [0.4, 0.5) is 20.6 Å². The number of para-hydroxylation sites is 1. The number of methoxy groups -OCH3 is 1. The predicted octanol–water partition coefficient (Wildman–Crippen LogP) is 3.88. The average Bonchev–Trinajstić information content (AvgIpc) is 3.49. The molecule has 40 heavy (non-hydrogen) atoms. The number of imide groups is 1. The van der Waals surface area contributed by atoms with Gasteiger partial charge in [-0.3, -0.25) is 24.6 Å². The van der Waals surface area contributed by atoms with Gasteiger partial charge in [0.2, 0.25) is 11.5 Å². The van der Waals surface area contributed by atoms with E-state index in [0.717, 1.165) is 30.2 Å². The van der Waals surface area contributed by atoms with E-state index in [-0.39, 0.29) is 40.0 Å². The monoisotopic (exact) mass is 572 g/mol. The molecule has 1 aromatic heterocycles. The van der Waals surface area contributed by atoms with Gasteiger partial charge in [-0.1, -0.05) is 23.7 Å². The van der Waals surface area contributed by atoms with Gasteiger partial charge < -0.3 is 24.5 Å². The largest absolute Gasteiger partial charge is 0.476 e. The van der Waals surface area contributed by atoms with Gasteiger partial charge in [0.15, 0.2) is 6.61 Å². The van der Waals surface area contributed by atoms with Crippen LogP contribution in [0.3, 0.4) is 0 Å².